The summed E-state index contributed by atoms with van der Waals surface area (Å²) >= 11 is 1.50. The molecule has 0 unspecified atom stereocenters. The average molecular weight is 348 g/mol. The van der Waals surface area contributed by atoms with E-state index < -0.39 is 0 Å². The fourth-order valence-electron chi connectivity index (χ4n) is 3.46. The molecular formula is C21H20N2OS. The molecule has 1 aliphatic heterocycles. The van der Waals surface area contributed by atoms with Crippen molar-refractivity contribution in [3.05, 3.63) is 76.8 Å². The Kier molecular flexibility index (Phi) is 4.36. The Morgan fingerprint density at radius 1 is 1.08 bits per heavy atom. The molecule has 1 aliphatic rings. The van der Waals surface area contributed by atoms with Gasteiger partial charge >= 0.3 is 0 Å². The number of hydrogen-bond acceptors (Lipinski definition) is 3. The van der Waals surface area contributed by atoms with Crippen molar-refractivity contribution < 1.29 is 4.79 Å². The predicted molar refractivity (Wildman–Crippen MR) is 102 cm³/mol. The lowest BCUT2D eigenvalue weighted by molar-refractivity contribution is 0.0739. The molecule has 0 N–H and O–H groups in total. The largest absolute Gasteiger partial charge is 0.331 e. The van der Waals surface area contributed by atoms with Crippen molar-refractivity contribution in [1.82, 2.24) is 9.88 Å². The molecule has 0 radical (unpaired) electrons. The second-order valence-electron chi connectivity index (χ2n) is 6.37. The van der Waals surface area contributed by atoms with Gasteiger partial charge in [-0.1, -0.05) is 60.7 Å². The molecule has 0 saturated carbocycles. The standard InChI is InChI=1S/C21H20N2OS/c1-15-19(25-20(22-15)17-11-6-3-7-12-17)21(24)23-14-8-13-18(23)16-9-4-2-5-10-16/h2-7,9-12,18H,8,13-14H2,1H3/t18-/m0/s1. The first-order valence-electron chi connectivity index (χ1n) is 8.63. The van der Waals surface area contributed by atoms with Crippen molar-refractivity contribution in [2.24, 2.45) is 0 Å². The maximum atomic E-state index is 13.2. The quantitative estimate of drug-likeness (QED) is 0.660. The van der Waals surface area contributed by atoms with Gasteiger partial charge in [-0.2, -0.15) is 0 Å². The summed E-state index contributed by atoms with van der Waals surface area (Å²) in [6, 6.07) is 20.6. The van der Waals surface area contributed by atoms with E-state index in [1.54, 1.807) is 0 Å². The van der Waals surface area contributed by atoms with Crippen LogP contribution in [0.2, 0.25) is 0 Å². The normalized spacial score (nSPS) is 17.0. The minimum atomic E-state index is 0.114. The van der Waals surface area contributed by atoms with Gasteiger partial charge in [0.1, 0.15) is 9.88 Å². The Morgan fingerprint density at radius 2 is 1.76 bits per heavy atom. The van der Waals surface area contributed by atoms with E-state index in [1.807, 2.05) is 60.4 Å². The van der Waals surface area contributed by atoms with Crippen molar-refractivity contribution >= 4 is 17.2 Å². The Bertz CT molecular complexity index is 873. The Labute approximate surface area is 152 Å². The molecule has 1 saturated heterocycles. The van der Waals surface area contributed by atoms with Crippen molar-refractivity contribution in [1.29, 1.82) is 0 Å². The van der Waals surface area contributed by atoms with Crippen molar-refractivity contribution in [2.45, 2.75) is 25.8 Å². The lowest BCUT2D eigenvalue weighted by Gasteiger charge is -2.24. The molecule has 0 aliphatic carbocycles. The van der Waals surface area contributed by atoms with Gasteiger partial charge in [0.05, 0.1) is 11.7 Å². The minimum Gasteiger partial charge on any atom is -0.331 e. The zero-order valence-electron chi connectivity index (χ0n) is 14.2. The number of amides is 1. The van der Waals surface area contributed by atoms with Gasteiger partial charge in [-0.15, -0.1) is 11.3 Å². The first-order valence-corrected chi connectivity index (χ1v) is 9.44. The first-order chi connectivity index (χ1) is 12.2. The average Bonchev–Trinajstić information content (AvgIpc) is 3.30. The molecule has 1 amide bonds. The molecule has 0 bridgehead atoms. The maximum Gasteiger partial charge on any atom is 0.266 e. The number of rotatable bonds is 3. The van der Waals surface area contributed by atoms with E-state index in [0.717, 1.165) is 40.5 Å². The second kappa shape index (κ2) is 6.81. The monoisotopic (exact) mass is 348 g/mol. The van der Waals surface area contributed by atoms with Crippen molar-refractivity contribution in [3.8, 4) is 10.6 Å². The molecule has 1 atom stereocenters. The number of likely N-dealkylation sites (tertiary alicyclic amines) is 1. The predicted octanol–water partition coefficient (Wildman–Crippen LogP) is 5.10. The van der Waals surface area contributed by atoms with Gasteiger partial charge in [0.2, 0.25) is 0 Å². The van der Waals surface area contributed by atoms with Gasteiger partial charge in [-0.25, -0.2) is 4.98 Å². The minimum absolute atomic E-state index is 0.114. The van der Waals surface area contributed by atoms with Crippen LogP contribution in [0, 0.1) is 6.92 Å². The molecule has 1 aromatic heterocycles. The number of nitrogens with zero attached hydrogens (tertiary/aromatic N) is 2. The topological polar surface area (TPSA) is 33.2 Å². The van der Waals surface area contributed by atoms with Crippen LogP contribution in [0.3, 0.4) is 0 Å². The lowest BCUT2D eigenvalue weighted by Crippen LogP contribution is -2.30. The highest BCUT2D eigenvalue weighted by Crippen LogP contribution is 2.35. The molecule has 4 heteroatoms. The van der Waals surface area contributed by atoms with Gasteiger partial charge in [0.25, 0.3) is 5.91 Å². The highest BCUT2D eigenvalue weighted by atomic mass is 32.1. The van der Waals surface area contributed by atoms with Crippen LogP contribution in [0.4, 0.5) is 0 Å². The Morgan fingerprint density at radius 3 is 2.48 bits per heavy atom. The second-order valence-corrected chi connectivity index (χ2v) is 7.37. The SMILES string of the molecule is Cc1nc(-c2ccccc2)sc1C(=O)N1CCC[C@H]1c1ccccc1. The van der Waals surface area contributed by atoms with Gasteiger partial charge in [0.15, 0.2) is 0 Å². The summed E-state index contributed by atoms with van der Waals surface area (Å²) < 4.78 is 0. The summed E-state index contributed by atoms with van der Waals surface area (Å²) in [6.45, 7) is 2.75. The summed E-state index contributed by atoms with van der Waals surface area (Å²) in [5, 5.41) is 0.914. The molecule has 4 rings (SSSR count). The van der Waals surface area contributed by atoms with Crippen LogP contribution in [-0.4, -0.2) is 22.3 Å². The van der Waals surface area contributed by atoms with Crippen LogP contribution in [-0.2, 0) is 0 Å². The fraction of sp³-hybridized carbons (Fsp3) is 0.238. The number of aromatic nitrogens is 1. The van der Waals surface area contributed by atoms with Gasteiger partial charge < -0.3 is 4.90 Å². The zero-order valence-corrected chi connectivity index (χ0v) is 15.0. The number of carbonyl (C=O) groups is 1. The van der Waals surface area contributed by atoms with Crippen molar-refractivity contribution in [3.63, 3.8) is 0 Å². The molecular weight excluding hydrogens is 328 g/mol. The van der Waals surface area contributed by atoms with Gasteiger partial charge in [-0.3, -0.25) is 4.79 Å². The first kappa shape index (κ1) is 16.0. The van der Waals surface area contributed by atoms with Gasteiger partial charge in [-0.05, 0) is 25.3 Å². The number of hydrogen-bond donors (Lipinski definition) is 0. The molecule has 1 fully saturated rings. The summed E-state index contributed by atoms with van der Waals surface area (Å²) in [5.41, 5.74) is 3.11. The van der Waals surface area contributed by atoms with Crippen LogP contribution in [0.25, 0.3) is 10.6 Å². The molecule has 25 heavy (non-hydrogen) atoms. The van der Waals surface area contributed by atoms with Crippen LogP contribution < -0.4 is 0 Å². The summed E-state index contributed by atoms with van der Waals surface area (Å²) in [6.07, 6.45) is 2.08. The fourth-order valence-corrected chi connectivity index (χ4v) is 4.49. The highest BCUT2D eigenvalue weighted by Gasteiger charge is 2.32. The summed E-state index contributed by atoms with van der Waals surface area (Å²) in [5.74, 6) is 0.114. The third-order valence-electron chi connectivity index (χ3n) is 4.71. The smallest absolute Gasteiger partial charge is 0.266 e. The van der Waals surface area contributed by atoms with E-state index in [9.17, 15) is 4.79 Å². The Balaban J connectivity index is 1.64. The number of aryl methyl sites for hydroxylation is 1. The number of benzene rings is 2. The molecule has 2 heterocycles. The van der Waals surface area contributed by atoms with Crippen LogP contribution in [0.15, 0.2) is 60.7 Å². The number of thiazole rings is 1. The van der Waals surface area contributed by atoms with Crippen LogP contribution >= 0.6 is 11.3 Å². The van der Waals surface area contributed by atoms with E-state index >= 15 is 0 Å². The molecule has 3 aromatic rings. The van der Waals surface area contributed by atoms with Gasteiger partial charge in [0, 0.05) is 12.1 Å². The third-order valence-corrected chi connectivity index (χ3v) is 5.90. The summed E-state index contributed by atoms with van der Waals surface area (Å²) in [4.78, 5) is 20.6. The molecule has 2 aromatic carbocycles. The maximum absolute atomic E-state index is 13.2. The van der Waals surface area contributed by atoms with E-state index in [1.165, 1.54) is 16.9 Å². The van der Waals surface area contributed by atoms with E-state index in [2.05, 4.69) is 17.1 Å². The van der Waals surface area contributed by atoms with Crippen LogP contribution in [0.5, 0.6) is 0 Å². The lowest BCUT2D eigenvalue weighted by atomic mass is 10.0. The van der Waals surface area contributed by atoms with E-state index in [0.29, 0.717) is 0 Å². The highest BCUT2D eigenvalue weighted by molar-refractivity contribution is 7.17. The zero-order chi connectivity index (χ0) is 17.2. The van der Waals surface area contributed by atoms with Crippen LogP contribution in [0.1, 0.15) is 39.8 Å². The molecule has 126 valence electrons. The molecule has 0 spiro atoms. The van der Waals surface area contributed by atoms with E-state index in [-0.39, 0.29) is 11.9 Å². The number of carbonyl (C=O) groups excluding carboxylic acids is 1. The Hall–Kier alpha value is -2.46. The molecule has 3 nitrogen and oxygen atoms in total. The third kappa shape index (κ3) is 3.10. The summed E-state index contributed by atoms with van der Waals surface area (Å²) in [7, 11) is 0. The van der Waals surface area contributed by atoms with E-state index in [4.69, 9.17) is 0 Å². The van der Waals surface area contributed by atoms with Crippen molar-refractivity contribution in [2.75, 3.05) is 6.54 Å².